The third-order valence-electron chi connectivity index (χ3n) is 3.67. The molecule has 4 nitrogen and oxygen atoms in total. The van der Waals surface area contributed by atoms with Crippen molar-refractivity contribution in [3.05, 3.63) is 33.6 Å². The molecule has 3 aromatic rings. The molecule has 0 saturated heterocycles. The zero-order valence-corrected chi connectivity index (χ0v) is 12.2. The molecule has 1 aromatic carbocycles. The van der Waals surface area contributed by atoms with Crippen molar-refractivity contribution in [2.24, 2.45) is 12.8 Å². The molecule has 2 aromatic heterocycles. The molecule has 3 rings (SSSR count). The first-order chi connectivity index (χ1) is 8.56. The fourth-order valence-electron chi connectivity index (χ4n) is 2.39. The number of aromatic nitrogens is 3. The second-order valence-electron chi connectivity index (χ2n) is 4.62. The number of hydrogen-bond acceptors (Lipinski definition) is 2. The maximum absolute atomic E-state index is 5.78. The van der Waals surface area contributed by atoms with Crippen LogP contribution in [0.2, 0.25) is 0 Å². The lowest BCUT2D eigenvalue weighted by molar-refractivity contribution is 0.836. The number of nitrogens with two attached hydrogens (primary N) is 1. The Balaban J connectivity index is 2.55. The molecule has 94 valence electrons. The predicted octanol–water partition coefficient (Wildman–Crippen LogP) is 2.66. The predicted molar refractivity (Wildman–Crippen MR) is 76.7 cm³/mol. The molecule has 0 amide bonds. The van der Waals surface area contributed by atoms with Crippen LogP contribution in [0.3, 0.4) is 0 Å². The molecule has 0 atom stereocenters. The Labute approximate surface area is 114 Å². The summed E-state index contributed by atoms with van der Waals surface area (Å²) in [6.07, 6.45) is 0. The first-order valence-electron chi connectivity index (χ1n) is 5.87. The summed E-state index contributed by atoms with van der Waals surface area (Å²) in [6, 6.07) is 4.25. The van der Waals surface area contributed by atoms with E-state index < -0.39 is 0 Å². The van der Waals surface area contributed by atoms with Gasteiger partial charge in [-0.3, -0.25) is 4.40 Å². The van der Waals surface area contributed by atoms with Gasteiger partial charge >= 0.3 is 0 Å². The quantitative estimate of drug-likeness (QED) is 0.751. The van der Waals surface area contributed by atoms with E-state index in [4.69, 9.17) is 10.7 Å². The summed E-state index contributed by atoms with van der Waals surface area (Å²) in [5.74, 6) is 0.922. The van der Waals surface area contributed by atoms with Crippen LogP contribution in [0, 0.1) is 13.8 Å². The normalized spacial score (nSPS) is 11.8. The van der Waals surface area contributed by atoms with Crippen LogP contribution in [0.4, 0.5) is 0 Å². The Morgan fingerprint density at radius 3 is 2.72 bits per heavy atom. The molecule has 0 aliphatic carbocycles. The van der Waals surface area contributed by atoms with Gasteiger partial charge in [-0.1, -0.05) is 6.07 Å². The van der Waals surface area contributed by atoms with E-state index in [-0.39, 0.29) is 0 Å². The second kappa shape index (κ2) is 3.83. The van der Waals surface area contributed by atoms with Crippen molar-refractivity contribution in [1.29, 1.82) is 0 Å². The van der Waals surface area contributed by atoms with Gasteiger partial charge in [-0.05, 0) is 47.0 Å². The van der Waals surface area contributed by atoms with Gasteiger partial charge in [0, 0.05) is 13.6 Å². The number of aryl methyl sites for hydroxylation is 3. The summed E-state index contributed by atoms with van der Waals surface area (Å²) in [5, 5.41) is 0. The van der Waals surface area contributed by atoms with Crippen LogP contribution in [0.5, 0.6) is 0 Å². The van der Waals surface area contributed by atoms with E-state index in [2.05, 4.69) is 46.3 Å². The van der Waals surface area contributed by atoms with Crippen molar-refractivity contribution in [2.45, 2.75) is 20.4 Å². The summed E-state index contributed by atoms with van der Waals surface area (Å²) in [7, 11) is 2.00. The van der Waals surface area contributed by atoms with E-state index in [9.17, 15) is 0 Å². The minimum Gasteiger partial charge on any atom is -0.325 e. The number of benzene rings is 1. The molecule has 0 fully saturated rings. The summed E-state index contributed by atoms with van der Waals surface area (Å²) in [5.41, 5.74) is 11.5. The van der Waals surface area contributed by atoms with Crippen LogP contribution in [0.1, 0.15) is 16.8 Å². The summed E-state index contributed by atoms with van der Waals surface area (Å²) < 4.78 is 5.15. The monoisotopic (exact) mass is 306 g/mol. The molecule has 0 radical (unpaired) electrons. The molecule has 0 spiro atoms. The lowest BCUT2D eigenvalue weighted by Gasteiger charge is -2.02. The summed E-state index contributed by atoms with van der Waals surface area (Å²) in [4.78, 5) is 4.74. The van der Waals surface area contributed by atoms with E-state index in [0.29, 0.717) is 6.54 Å². The van der Waals surface area contributed by atoms with Crippen LogP contribution in [-0.4, -0.2) is 14.0 Å². The van der Waals surface area contributed by atoms with Gasteiger partial charge in [0.25, 0.3) is 0 Å². The van der Waals surface area contributed by atoms with Crippen molar-refractivity contribution in [2.75, 3.05) is 0 Å². The van der Waals surface area contributed by atoms with Gasteiger partial charge in [-0.15, -0.1) is 0 Å². The van der Waals surface area contributed by atoms with Gasteiger partial charge in [0.1, 0.15) is 4.60 Å². The minimum absolute atomic E-state index is 0.493. The lowest BCUT2D eigenvalue weighted by Crippen LogP contribution is -2.04. The average Bonchev–Trinajstić information content (AvgIpc) is 2.83. The molecule has 0 saturated carbocycles. The number of halogens is 1. The lowest BCUT2D eigenvalue weighted by atomic mass is 10.1. The fourth-order valence-corrected chi connectivity index (χ4v) is 3.17. The molecule has 2 N–H and O–H groups in total. The van der Waals surface area contributed by atoms with Gasteiger partial charge in [-0.25, -0.2) is 4.98 Å². The van der Waals surface area contributed by atoms with E-state index >= 15 is 0 Å². The molecule has 0 aliphatic rings. The maximum Gasteiger partial charge on any atom is 0.215 e. The Hall–Kier alpha value is -1.33. The van der Waals surface area contributed by atoms with Gasteiger partial charge in [-0.2, -0.15) is 0 Å². The Morgan fingerprint density at radius 1 is 1.33 bits per heavy atom. The summed E-state index contributed by atoms with van der Waals surface area (Å²) in [6.45, 7) is 4.72. The molecule has 18 heavy (non-hydrogen) atoms. The standard InChI is InChI=1S/C13H15BrN4/c1-7-4-5-9-11(8(7)2)16-13-17(3)10(6-15)12(14)18(9)13/h4-5H,6,15H2,1-3H3. The topological polar surface area (TPSA) is 48.2 Å². The highest BCUT2D eigenvalue weighted by molar-refractivity contribution is 9.10. The molecule has 2 heterocycles. The molecule has 0 unspecified atom stereocenters. The van der Waals surface area contributed by atoms with Gasteiger partial charge in [0.2, 0.25) is 5.78 Å². The first-order valence-corrected chi connectivity index (χ1v) is 6.67. The van der Waals surface area contributed by atoms with E-state index in [0.717, 1.165) is 27.1 Å². The highest BCUT2D eigenvalue weighted by Crippen LogP contribution is 2.29. The molecular weight excluding hydrogens is 292 g/mol. The molecule has 5 heteroatoms. The van der Waals surface area contributed by atoms with Crippen LogP contribution in [0.15, 0.2) is 16.7 Å². The highest BCUT2D eigenvalue weighted by atomic mass is 79.9. The van der Waals surface area contributed by atoms with Crippen molar-refractivity contribution < 1.29 is 0 Å². The summed E-state index contributed by atoms with van der Waals surface area (Å²) >= 11 is 3.63. The minimum atomic E-state index is 0.493. The van der Waals surface area contributed by atoms with Crippen LogP contribution in [-0.2, 0) is 13.6 Å². The molecule has 0 aliphatic heterocycles. The van der Waals surface area contributed by atoms with Crippen molar-refractivity contribution in [3.8, 4) is 0 Å². The largest absolute Gasteiger partial charge is 0.325 e. The number of fused-ring (bicyclic) bond motifs is 3. The van der Waals surface area contributed by atoms with Crippen LogP contribution < -0.4 is 5.73 Å². The molecular formula is C13H15BrN4. The average molecular weight is 307 g/mol. The first kappa shape index (κ1) is 11.7. The third-order valence-corrected chi connectivity index (χ3v) is 4.48. The van der Waals surface area contributed by atoms with Crippen LogP contribution in [0.25, 0.3) is 16.8 Å². The number of nitrogens with zero attached hydrogens (tertiary/aromatic N) is 3. The molecule has 0 bridgehead atoms. The second-order valence-corrected chi connectivity index (χ2v) is 5.37. The smallest absolute Gasteiger partial charge is 0.215 e. The maximum atomic E-state index is 5.78. The van der Waals surface area contributed by atoms with E-state index in [1.807, 2.05) is 11.6 Å². The van der Waals surface area contributed by atoms with Crippen molar-refractivity contribution in [1.82, 2.24) is 14.0 Å². The number of hydrogen-bond donors (Lipinski definition) is 1. The van der Waals surface area contributed by atoms with Gasteiger partial charge in [0.05, 0.1) is 16.7 Å². The zero-order chi connectivity index (χ0) is 13.0. The Kier molecular flexibility index (Phi) is 2.50. The number of imidazole rings is 2. The Morgan fingerprint density at radius 2 is 2.06 bits per heavy atom. The SMILES string of the molecule is Cc1ccc2c(nc3n(C)c(CN)c(Br)n23)c1C. The van der Waals surface area contributed by atoms with Crippen molar-refractivity contribution in [3.63, 3.8) is 0 Å². The van der Waals surface area contributed by atoms with Gasteiger partial charge in [0.15, 0.2) is 0 Å². The third kappa shape index (κ3) is 1.31. The van der Waals surface area contributed by atoms with Gasteiger partial charge < -0.3 is 10.3 Å². The Bertz CT molecular complexity index is 767. The fraction of sp³-hybridized carbons (Fsp3) is 0.308. The van der Waals surface area contributed by atoms with Crippen LogP contribution >= 0.6 is 15.9 Å². The van der Waals surface area contributed by atoms with E-state index in [1.165, 1.54) is 11.1 Å². The van der Waals surface area contributed by atoms with Crippen molar-refractivity contribution >= 4 is 32.7 Å². The van der Waals surface area contributed by atoms with E-state index in [1.54, 1.807) is 0 Å². The highest BCUT2D eigenvalue weighted by Gasteiger charge is 2.17. The number of rotatable bonds is 1. The zero-order valence-electron chi connectivity index (χ0n) is 10.7.